The molecule has 1 aromatic rings. The number of nitrogens with zero attached hydrogens (tertiary/aromatic N) is 2. The number of aromatic nitrogens is 2. The predicted octanol–water partition coefficient (Wildman–Crippen LogP) is 3.42. The second-order valence-electron chi connectivity index (χ2n) is 3.91. The van der Waals surface area contributed by atoms with Crippen molar-refractivity contribution in [2.75, 3.05) is 0 Å². The van der Waals surface area contributed by atoms with Crippen molar-refractivity contribution < 1.29 is 0 Å². The van der Waals surface area contributed by atoms with Crippen molar-refractivity contribution in [3.63, 3.8) is 0 Å². The Morgan fingerprint density at radius 1 is 1.14 bits per heavy atom. The molecule has 0 unspecified atom stereocenters. The van der Waals surface area contributed by atoms with E-state index in [1.807, 2.05) is 6.33 Å². The molecule has 1 aromatic heterocycles. The maximum atomic E-state index is 4.40. The van der Waals surface area contributed by atoms with Gasteiger partial charge in [-0.05, 0) is 19.3 Å². The smallest absolute Gasteiger partial charge is 0.0949 e. The Hall–Kier alpha value is -0.790. The fourth-order valence-electron chi connectivity index (χ4n) is 1.55. The Bertz CT molecular complexity index is 240. The van der Waals surface area contributed by atoms with Crippen molar-refractivity contribution in [1.82, 2.24) is 9.55 Å². The highest BCUT2D eigenvalue weighted by Gasteiger charge is 1.97. The van der Waals surface area contributed by atoms with Crippen molar-refractivity contribution in [3.8, 4) is 0 Å². The summed E-state index contributed by atoms with van der Waals surface area (Å²) < 4.78 is 2.21. The molecule has 0 fully saturated rings. The predicted molar refractivity (Wildman–Crippen MR) is 60.4 cm³/mol. The van der Waals surface area contributed by atoms with Gasteiger partial charge in [0, 0.05) is 12.7 Å². The molecule has 0 saturated heterocycles. The summed E-state index contributed by atoms with van der Waals surface area (Å²) in [5.74, 6) is 0. The lowest BCUT2D eigenvalue weighted by atomic mass is 10.2. The summed E-state index contributed by atoms with van der Waals surface area (Å²) in [6.07, 6.45) is 11.7. The van der Waals surface area contributed by atoms with Gasteiger partial charge in [-0.15, -0.1) is 0 Å². The van der Waals surface area contributed by atoms with Crippen LogP contribution in [0.4, 0.5) is 0 Å². The topological polar surface area (TPSA) is 17.8 Å². The average Bonchev–Trinajstić information content (AvgIpc) is 2.63. The standard InChI is InChI=1S/C12H22N2/c1-3-5-7-8-12-10-14(11-13-12)9-6-4-2/h10-11H,3-9H2,1-2H3. The van der Waals surface area contributed by atoms with E-state index >= 15 is 0 Å². The highest BCUT2D eigenvalue weighted by molar-refractivity contribution is 4.96. The van der Waals surface area contributed by atoms with Gasteiger partial charge in [0.05, 0.1) is 12.0 Å². The number of aryl methyl sites for hydroxylation is 2. The van der Waals surface area contributed by atoms with Crippen molar-refractivity contribution >= 4 is 0 Å². The van der Waals surface area contributed by atoms with E-state index in [-0.39, 0.29) is 0 Å². The number of hydrogen-bond acceptors (Lipinski definition) is 1. The SMILES string of the molecule is CCCCCc1cn(CCCC)cn1. The number of hydrogen-bond donors (Lipinski definition) is 0. The number of unbranched alkanes of at least 4 members (excludes halogenated alkanes) is 3. The van der Waals surface area contributed by atoms with Gasteiger partial charge >= 0.3 is 0 Å². The third kappa shape index (κ3) is 3.95. The van der Waals surface area contributed by atoms with Gasteiger partial charge in [0.25, 0.3) is 0 Å². The van der Waals surface area contributed by atoms with Crippen LogP contribution in [0.2, 0.25) is 0 Å². The van der Waals surface area contributed by atoms with Gasteiger partial charge in [-0.3, -0.25) is 0 Å². The highest BCUT2D eigenvalue weighted by Crippen LogP contribution is 2.05. The zero-order chi connectivity index (χ0) is 10.2. The molecule has 2 heteroatoms. The first-order valence-corrected chi connectivity index (χ1v) is 5.87. The van der Waals surface area contributed by atoms with Crippen LogP contribution in [0, 0.1) is 0 Å². The first kappa shape index (κ1) is 11.3. The van der Waals surface area contributed by atoms with E-state index in [1.165, 1.54) is 37.8 Å². The molecule has 2 nitrogen and oxygen atoms in total. The van der Waals surface area contributed by atoms with E-state index in [4.69, 9.17) is 0 Å². The van der Waals surface area contributed by atoms with E-state index in [1.54, 1.807) is 0 Å². The van der Waals surface area contributed by atoms with Crippen LogP contribution in [-0.4, -0.2) is 9.55 Å². The molecule has 14 heavy (non-hydrogen) atoms. The Labute approximate surface area is 87.4 Å². The zero-order valence-corrected chi connectivity index (χ0v) is 9.50. The molecule has 0 aliphatic rings. The number of imidazole rings is 1. The quantitative estimate of drug-likeness (QED) is 0.608. The molecule has 0 aliphatic carbocycles. The maximum absolute atomic E-state index is 4.40. The summed E-state index contributed by atoms with van der Waals surface area (Å²) in [5.41, 5.74) is 1.26. The minimum absolute atomic E-state index is 1.12. The van der Waals surface area contributed by atoms with Crippen molar-refractivity contribution in [3.05, 3.63) is 18.2 Å². The van der Waals surface area contributed by atoms with Crippen LogP contribution >= 0.6 is 0 Å². The van der Waals surface area contributed by atoms with E-state index in [9.17, 15) is 0 Å². The van der Waals surface area contributed by atoms with Crippen LogP contribution in [0.25, 0.3) is 0 Å². The second-order valence-corrected chi connectivity index (χ2v) is 3.91. The van der Waals surface area contributed by atoms with Crippen molar-refractivity contribution in [2.24, 2.45) is 0 Å². The average molecular weight is 194 g/mol. The van der Waals surface area contributed by atoms with Gasteiger partial charge in [0.2, 0.25) is 0 Å². The molecule has 0 saturated carbocycles. The molecule has 0 aliphatic heterocycles. The molecule has 0 amide bonds. The molecule has 0 N–H and O–H groups in total. The molecule has 0 radical (unpaired) electrons. The minimum Gasteiger partial charge on any atom is -0.337 e. The monoisotopic (exact) mass is 194 g/mol. The molecule has 0 bridgehead atoms. The van der Waals surface area contributed by atoms with E-state index in [0.717, 1.165) is 13.0 Å². The van der Waals surface area contributed by atoms with Crippen LogP contribution in [0.15, 0.2) is 12.5 Å². The first-order valence-electron chi connectivity index (χ1n) is 5.87. The van der Waals surface area contributed by atoms with Crippen molar-refractivity contribution in [2.45, 2.75) is 58.9 Å². The van der Waals surface area contributed by atoms with Gasteiger partial charge in [0.1, 0.15) is 0 Å². The van der Waals surface area contributed by atoms with Gasteiger partial charge < -0.3 is 4.57 Å². The molecule has 80 valence electrons. The van der Waals surface area contributed by atoms with Crippen LogP contribution in [0.5, 0.6) is 0 Å². The van der Waals surface area contributed by atoms with Gasteiger partial charge in [-0.2, -0.15) is 0 Å². The molecule has 1 rings (SSSR count). The van der Waals surface area contributed by atoms with E-state index in [2.05, 4.69) is 29.6 Å². The summed E-state index contributed by atoms with van der Waals surface area (Å²) in [7, 11) is 0. The van der Waals surface area contributed by atoms with Gasteiger partial charge in [-0.1, -0.05) is 33.1 Å². The van der Waals surface area contributed by atoms with Crippen LogP contribution in [-0.2, 0) is 13.0 Å². The maximum Gasteiger partial charge on any atom is 0.0949 e. The third-order valence-electron chi connectivity index (χ3n) is 2.49. The van der Waals surface area contributed by atoms with Gasteiger partial charge in [0.15, 0.2) is 0 Å². The van der Waals surface area contributed by atoms with E-state index < -0.39 is 0 Å². The second kappa shape index (κ2) is 6.63. The highest BCUT2D eigenvalue weighted by atomic mass is 15.0. The van der Waals surface area contributed by atoms with E-state index in [0.29, 0.717) is 0 Å². The third-order valence-corrected chi connectivity index (χ3v) is 2.49. The Balaban J connectivity index is 2.27. The Morgan fingerprint density at radius 3 is 2.64 bits per heavy atom. The zero-order valence-electron chi connectivity index (χ0n) is 9.50. The van der Waals surface area contributed by atoms with Crippen molar-refractivity contribution in [1.29, 1.82) is 0 Å². The Kier molecular flexibility index (Phi) is 5.35. The first-order chi connectivity index (χ1) is 6.86. The summed E-state index contributed by atoms with van der Waals surface area (Å²) in [5, 5.41) is 0. The van der Waals surface area contributed by atoms with Gasteiger partial charge in [-0.25, -0.2) is 4.98 Å². The Morgan fingerprint density at radius 2 is 1.93 bits per heavy atom. The molecular weight excluding hydrogens is 172 g/mol. The van der Waals surface area contributed by atoms with Crippen LogP contribution < -0.4 is 0 Å². The summed E-state index contributed by atoms with van der Waals surface area (Å²) >= 11 is 0. The molecular formula is C12H22N2. The molecule has 0 spiro atoms. The summed E-state index contributed by atoms with van der Waals surface area (Å²) in [6.45, 7) is 5.58. The largest absolute Gasteiger partial charge is 0.337 e. The normalized spacial score (nSPS) is 10.7. The lowest BCUT2D eigenvalue weighted by molar-refractivity contribution is 0.630. The molecule has 0 atom stereocenters. The number of rotatable bonds is 7. The summed E-state index contributed by atoms with van der Waals surface area (Å²) in [6, 6.07) is 0. The lowest BCUT2D eigenvalue weighted by Crippen LogP contribution is -1.93. The molecule has 1 heterocycles. The van der Waals surface area contributed by atoms with Crippen LogP contribution in [0.3, 0.4) is 0 Å². The fourth-order valence-corrected chi connectivity index (χ4v) is 1.55. The van der Waals surface area contributed by atoms with Crippen LogP contribution in [0.1, 0.15) is 51.6 Å². The minimum atomic E-state index is 1.12. The fraction of sp³-hybridized carbons (Fsp3) is 0.750. The lowest BCUT2D eigenvalue weighted by Gasteiger charge is -1.98. The molecule has 0 aromatic carbocycles. The summed E-state index contributed by atoms with van der Waals surface area (Å²) in [4.78, 5) is 4.40.